The molecule has 0 saturated heterocycles. The smallest absolute Gasteiger partial charge is 0.260 e. The largest absolute Gasteiger partial charge is 0.481 e. The first-order valence-corrected chi connectivity index (χ1v) is 8.14. The van der Waals surface area contributed by atoms with E-state index in [4.69, 9.17) is 16.3 Å². The highest BCUT2D eigenvalue weighted by molar-refractivity contribution is 6.30. The maximum absolute atomic E-state index is 12.1. The van der Waals surface area contributed by atoms with E-state index in [1.54, 1.807) is 31.2 Å². The fourth-order valence-corrected chi connectivity index (χ4v) is 2.31. The van der Waals surface area contributed by atoms with Crippen molar-refractivity contribution in [2.75, 3.05) is 6.54 Å². The normalized spacial score (nSPS) is 13.5. The van der Waals surface area contributed by atoms with Crippen molar-refractivity contribution >= 4 is 17.5 Å². The third-order valence-electron chi connectivity index (χ3n) is 3.59. The van der Waals surface area contributed by atoms with Crippen molar-refractivity contribution in [3.63, 3.8) is 0 Å². The first-order valence-electron chi connectivity index (χ1n) is 7.76. The van der Waals surface area contributed by atoms with Crippen LogP contribution in [0.25, 0.3) is 0 Å². The van der Waals surface area contributed by atoms with Gasteiger partial charge in [0.15, 0.2) is 6.10 Å². The van der Waals surface area contributed by atoms with Gasteiger partial charge >= 0.3 is 0 Å². The van der Waals surface area contributed by atoms with Crippen molar-refractivity contribution < 1.29 is 9.53 Å². The van der Waals surface area contributed by atoms with Gasteiger partial charge in [0.1, 0.15) is 5.75 Å². The predicted molar refractivity (Wildman–Crippen MR) is 87.9 cm³/mol. The van der Waals surface area contributed by atoms with Gasteiger partial charge in [-0.3, -0.25) is 4.79 Å². The van der Waals surface area contributed by atoms with Crippen molar-refractivity contribution in [2.24, 2.45) is 5.92 Å². The van der Waals surface area contributed by atoms with Crippen LogP contribution in [0.4, 0.5) is 0 Å². The number of hydrogen-bond acceptors (Lipinski definition) is 2. The van der Waals surface area contributed by atoms with Gasteiger partial charge in [0.05, 0.1) is 0 Å². The summed E-state index contributed by atoms with van der Waals surface area (Å²) in [6.07, 6.45) is 4.13. The molecule has 118 valence electrons. The molecule has 0 heterocycles. The topological polar surface area (TPSA) is 38.3 Å². The highest BCUT2D eigenvalue weighted by Crippen LogP contribution is 2.18. The van der Waals surface area contributed by atoms with Crippen molar-refractivity contribution in [1.82, 2.24) is 5.32 Å². The molecule has 1 aromatic rings. The van der Waals surface area contributed by atoms with Crippen LogP contribution in [-0.2, 0) is 4.79 Å². The average molecular weight is 312 g/mol. The Hall–Kier alpha value is -1.22. The van der Waals surface area contributed by atoms with Gasteiger partial charge in [0.2, 0.25) is 0 Å². The van der Waals surface area contributed by atoms with Crippen molar-refractivity contribution in [1.29, 1.82) is 0 Å². The SMILES string of the molecule is CCCC[C@@H](CC)CNC(=O)[C@@H](C)Oc1cccc(Cl)c1. The molecule has 0 radical (unpaired) electrons. The van der Waals surface area contributed by atoms with E-state index in [-0.39, 0.29) is 5.91 Å². The van der Waals surface area contributed by atoms with Gasteiger partial charge in [0.25, 0.3) is 5.91 Å². The minimum atomic E-state index is -0.521. The van der Waals surface area contributed by atoms with Crippen molar-refractivity contribution in [3.8, 4) is 5.75 Å². The molecule has 1 aromatic carbocycles. The number of carbonyl (C=O) groups excluding carboxylic acids is 1. The zero-order valence-corrected chi connectivity index (χ0v) is 14.0. The lowest BCUT2D eigenvalue weighted by Crippen LogP contribution is -2.38. The van der Waals surface area contributed by atoms with E-state index >= 15 is 0 Å². The van der Waals surface area contributed by atoms with Gasteiger partial charge in [-0.05, 0) is 37.5 Å². The Morgan fingerprint density at radius 3 is 2.76 bits per heavy atom. The average Bonchev–Trinajstić information content (AvgIpc) is 2.47. The summed E-state index contributed by atoms with van der Waals surface area (Å²) < 4.78 is 5.61. The molecular weight excluding hydrogens is 286 g/mol. The lowest BCUT2D eigenvalue weighted by molar-refractivity contribution is -0.127. The molecule has 0 aliphatic rings. The summed E-state index contributed by atoms with van der Waals surface area (Å²) in [5.41, 5.74) is 0. The van der Waals surface area contributed by atoms with Crippen molar-refractivity contribution in [2.45, 2.75) is 52.6 Å². The molecule has 4 heteroatoms. The highest BCUT2D eigenvalue weighted by Gasteiger charge is 2.16. The molecule has 1 rings (SSSR count). The van der Waals surface area contributed by atoms with Gasteiger partial charge < -0.3 is 10.1 Å². The third-order valence-corrected chi connectivity index (χ3v) is 3.82. The van der Waals surface area contributed by atoms with E-state index in [1.165, 1.54) is 12.8 Å². The molecule has 0 aliphatic carbocycles. The minimum absolute atomic E-state index is 0.0788. The molecule has 0 spiro atoms. The Morgan fingerprint density at radius 1 is 1.38 bits per heavy atom. The zero-order valence-electron chi connectivity index (χ0n) is 13.2. The number of halogens is 1. The van der Waals surface area contributed by atoms with Crippen LogP contribution < -0.4 is 10.1 Å². The van der Waals surface area contributed by atoms with Crippen molar-refractivity contribution in [3.05, 3.63) is 29.3 Å². The van der Waals surface area contributed by atoms with Crippen LogP contribution >= 0.6 is 11.6 Å². The lowest BCUT2D eigenvalue weighted by atomic mass is 9.99. The van der Waals surface area contributed by atoms with Gasteiger partial charge in [-0.25, -0.2) is 0 Å². The van der Waals surface area contributed by atoms with Crippen LogP contribution in [0.2, 0.25) is 5.02 Å². The van der Waals surface area contributed by atoms with Gasteiger partial charge in [0, 0.05) is 11.6 Å². The second-order valence-electron chi connectivity index (χ2n) is 5.38. The number of carbonyl (C=O) groups is 1. The first-order chi connectivity index (χ1) is 10.1. The fourth-order valence-electron chi connectivity index (χ4n) is 2.13. The third kappa shape index (κ3) is 6.85. The molecular formula is C17H26ClNO2. The second-order valence-corrected chi connectivity index (χ2v) is 5.82. The Labute approximate surface area is 133 Å². The summed E-state index contributed by atoms with van der Waals surface area (Å²) in [6.45, 7) is 6.83. The maximum Gasteiger partial charge on any atom is 0.260 e. The molecule has 0 bridgehead atoms. The fraction of sp³-hybridized carbons (Fsp3) is 0.588. The number of nitrogens with one attached hydrogen (secondary N) is 1. The lowest BCUT2D eigenvalue weighted by Gasteiger charge is -2.18. The summed E-state index contributed by atoms with van der Waals surface area (Å²) in [7, 11) is 0. The quantitative estimate of drug-likeness (QED) is 0.732. The zero-order chi connectivity index (χ0) is 15.7. The molecule has 0 unspecified atom stereocenters. The van der Waals surface area contributed by atoms with Gasteiger partial charge in [-0.1, -0.05) is 50.8 Å². The van der Waals surface area contributed by atoms with E-state index in [1.807, 2.05) is 0 Å². The first kappa shape index (κ1) is 17.8. The Balaban J connectivity index is 2.40. The molecule has 1 N–H and O–H groups in total. The molecule has 21 heavy (non-hydrogen) atoms. The van der Waals surface area contributed by atoms with Crippen LogP contribution in [0.1, 0.15) is 46.5 Å². The molecule has 3 nitrogen and oxygen atoms in total. The van der Waals surface area contributed by atoms with Crippen LogP contribution in [0.3, 0.4) is 0 Å². The molecule has 0 fully saturated rings. The number of unbranched alkanes of at least 4 members (excludes halogenated alkanes) is 1. The maximum atomic E-state index is 12.1. The minimum Gasteiger partial charge on any atom is -0.481 e. The monoisotopic (exact) mass is 311 g/mol. The number of amides is 1. The summed E-state index contributed by atoms with van der Waals surface area (Å²) in [5, 5.41) is 3.58. The Morgan fingerprint density at radius 2 is 2.14 bits per heavy atom. The molecule has 0 aliphatic heterocycles. The van der Waals surface area contributed by atoms with Crippen LogP contribution in [0, 0.1) is 5.92 Å². The van der Waals surface area contributed by atoms with E-state index in [0.29, 0.717) is 16.7 Å². The molecule has 0 aromatic heterocycles. The molecule has 0 saturated carbocycles. The Bertz CT molecular complexity index is 437. The molecule has 2 atom stereocenters. The summed E-state index contributed by atoms with van der Waals surface area (Å²) in [6, 6.07) is 7.09. The van der Waals surface area contributed by atoms with Crippen LogP contribution in [0.15, 0.2) is 24.3 Å². The van der Waals surface area contributed by atoms with Crippen LogP contribution in [-0.4, -0.2) is 18.6 Å². The highest BCUT2D eigenvalue weighted by atomic mass is 35.5. The summed E-state index contributed by atoms with van der Waals surface area (Å²) >= 11 is 5.90. The number of benzene rings is 1. The van der Waals surface area contributed by atoms with Gasteiger partial charge in [-0.15, -0.1) is 0 Å². The number of rotatable bonds is 9. The van der Waals surface area contributed by atoms with Gasteiger partial charge in [-0.2, -0.15) is 0 Å². The standard InChI is InChI=1S/C17H26ClNO2/c1-4-6-8-14(5-2)12-19-17(20)13(3)21-16-10-7-9-15(18)11-16/h7,9-11,13-14H,4-6,8,12H2,1-3H3,(H,19,20)/t13-,14-/m1/s1. The molecule has 1 amide bonds. The van der Waals surface area contributed by atoms with E-state index in [9.17, 15) is 4.79 Å². The predicted octanol–water partition coefficient (Wildman–Crippen LogP) is 4.44. The van der Waals surface area contributed by atoms with E-state index in [2.05, 4.69) is 19.2 Å². The van der Waals surface area contributed by atoms with E-state index in [0.717, 1.165) is 19.4 Å². The second kappa shape index (κ2) is 9.67. The Kier molecular flexibility index (Phi) is 8.21. The summed E-state index contributed by atoms with van der Waals surface area (Å²) in [5.74, 6) is 1.08. The van der Waals surface area contributed by atoms with E-state index < -0.39 is 6.10 Å². The van der Waals surface area contributed by atoms with Crippen LogP contribution in [0.5, 0.6) is 5.75 Å². The number of hydrogen-bond donors (Lipinski definition) is 1. The number of ether oxygens (including phenoxy) is 1. The summed E-state index contributed by atoms with van der Waals surface area (Å²) in [4.78, 5) is 12.1.